The zero-order valence-corrected chi connectivity index (χ0v) is 15.7. The average molecular weight is 349 g/mol. The highest BCUT2D eigenvalue weighted by Crippen LogP contribution is 2.31. The molecule has 0 atom stereocenters. The molecule has 1 aromatic heterocycles. The van der Waals surface area contributed by atoms with Crippen molar-refractivity contribution in [2.75, 3.05) is 0 Å². The Labute approximate surface area is 160 Å². The standard InChI is InChI=1S/C26H23N/c1-18-17-24(21-5-3-2-4-6-21)27-26-23-14-12-20-9-7-19(8-10-20)11-13-22(15-16-23)25(18)26/h2-10,15-17H,11-14H2,1H3. The molecule has 0 fully saturated rings. The number of aryl methyl sites for hydroxylation is 5. The number of pyridine rings is 1. The van der Waals surface area contributed by atoms with Crippen molar-refractivity contribution < 1.29 is 0 Å². The van der Waals surface area contributed by atoms with Gasteiger partial charge in [0, 0.05) is 10.9 Å². The van der Waals surface area contributed by atoms with Crippen LogP contribution in [0.5, 0.6) is 0 Å². The highest BCUT2D eigenvalue weighted by Gasteiger charge is 2.14. The first-order valence-corrected chi connectivity index (χ1v) is 9.83. The molecule has 0 amide bonds. The molecule has 0 unspecified atom stereocenters. The van der Waals surface area contributed by atoms with Gasteiger partial charge in [-0.1, -0.05) is 66.7 Å². The monoisotopic (exact) mass is 349 g/mol. The van der Waals surface area contributed by atoms with Crippen molar-refractivity contribution in [3.8, 4) is 11.3 Å². The maximum Gasteiger partial charge on any atom is 0.0747 e. The minimum atomic E-state index is 1.03. The molecule has 4 aromatic rings. The number of rotatable bonds is 1. The van der Waals surface area contributed by atoms with Crippen molar-refractivity contribution in [2.45, 2.75) is 32.6 Å². The first-order chi connectivity index (χ1) is 13.3. The third-order valence-corrected chi connectivity index (χ3v) is 5.79. The zero-order valence-electron chi connectivity index (χ0n) is 15.7. The van der Waals surface area contributed by atoms with E-state index in [1.54, 1.807) is 0 Å². The first-order valence-electron chi connectivity index (χ1n) is 9.83. The van der Waals surface area contributed by atoms with Gasteiger partial charge in [0.05, 0.1) is 11.2 Å². The quantitative estimate of drug-likeness (QED) is 0.405. The van der Waals surface area contributed by atoms with Gasteiger partial charge in [-0.15, -0.1) is 0 Å². The minimum absolute atomic E-state index is 1.03. The molecule has 8 rings (SSSR count). The normalized spacial score (nSPS) is 13.5. The number of nitrogens with zero attached hydrogens (tertiary/aromatic N) is 1. The molecule has 0 saturated carbocycles. The van der Waals surface area contributed by atoms with Crippen LogP contribution in [-0.4, -0.2) is 4.98 Å². The summed E-state index contributed by atoms with van der Waals surface area (Å²) in [7, 11) is 0. The lowest BCUT2D eigenvalue weighted by atomic mass is 9.91. The summed E-state index contributed by atoms with van der Waals surface area (Å²) in [4.78, 5) is 5.16. The predicted octanol–water partition coefficient (Wildman–Crippen LogP) is 6.09. The number of hydrogen-bond acceptors (Lipinski definition) is 1. The minimum Gasteiger partial charge on any atom is -0.247 e. The van der Waals surface area contributed by atoms with Crippen molar-refractivity contribution in [3.63, 3.8) is 0 Å². The molecule has 4 aliphatic rings. The van der Waals surface area contributed by atoms with Gasteiger partial charge in [0.25, 0.3) is 0 Å². The van der Waals surface area contributed by atoms with Crippen LogP contribution >= 0.6 is 0 Å². The molecule has 1 nitrogen and oxygen atoms in total. The highest BCUT2D eigenvalue weighted by molar-refractivity contribution is 5.90. The SMILES string of the molecule is Cc1cc(-c2ccccc2)nc2c3ccc(c12)CCc1ccc(cc1)CC3. The second-order valence-electron chi connectivity index (χ2n) is 7.61. The van der Waals surface area contributed by atoms with Gasteiger partial charge in [0.1, 0.15) is 0 Å². The fourth-order valence-corrected chi connectivity index (χ4v) is 4.27. The van der Waals surface area contributed by atoms with Crippen LogP contribution < -0.4 is 0 Å². The Kier molecular flexibility index (Phi) is 4.01. The van der Waals surface area contributed by atoms with Crippen molar-refractivity contribution >= 4 is 10.9 Å². The van der Waals surface area contributed by atoms with Crippen molar-refractivity contribution in [2.24, 2.45) is 0 Å². The Morgan fingerprint density at radius 1 is 0.667 bits per heavy atom. The second-order valence-corrected chi connectivity index (χ2v) is 7.61. The summed E-state index contributed by atoms with van der Waals surface area (Å²) in [5.41, 5.74) is 10.4. The number of hydrogen-bond donors (Lipinski definition) is 0. The summed E-state index contributed by atoms with van der Waals surface area (Å²) < 4.78 is 0. The molecule has 1 heteroatoms. The Bertz CT molecular complexity index is 1110. The van der Waals surface area contributed by atoms with Crippen LogP contribution in [0.2, 0.25) is 0 Å². The number of aromatic nitrogens is 1. The molecule has 0 spiro atoms. The van der Waals surface area contributed by atoms with E-state index in [4.69, 9.17) is 4.98 Å². The molecule has 4 bridgehead atoms. The Morgan fingerprint density at radius 3 is 2.00 bits per heavy atom. The molecular weight excluding hydrogens is 326 g/mol. The summed E-state index contributed by atoms with van der Waals surface area (Å²) in [6.07, 6.45) is 4.23. The molecule has 0 N–H and O–H groups in total. The van der Waals surface area contributed by atoms with Crippen molar-refractivity contribution in [1.29, 1.82) is 0 Å². The fourth-order valence-electron chi connectivity index (χ4n) is 4.27. The van der Waals surface area contributed by atoms with E-state index in [-0.39, 0.29) is 0 Å². The van der Waals surface area contributed by atoms with Gasteiger partial charge in [0.15, 0.2) is 0 Å². The van der Waals surface area contributed by atoms with Gasteiger partial charge in [-0.2, -0.15) is 0 Å². The highest BCUT2D eigenvalue weighted by atomic mass is 14.7. The Balaban J connectivity index is 1.72. The van der Waals surface area contributed by atoms with Gasteiger partial charge in [-0.25, -0.2) is 4.98 Å². The van der Waals surface area contributed by atoms with E-state index in [0.29, 0.717) is 0 Å². The van der Waals surface area contributed by atoms with Gasteiger partial charge >= 0.3 is 0 Å². The second kappa shape index (κ2) is 6.66. The summed E-state index contributed by atoms with van der Waals surface area (Å²) >= 11 is 0. The average Bonchev–Trinajstić information content (AvgIpc) is 2.70. The number of benzene rings is 3. The molecule has 0 aliphatic heterocycles. The summed E-state index contributed by atoms with van der Waals surface area (Å²) in [5.74, 6) is 0. The Morgan fingerprint density at radius 2 is 1.30 bits per heavy atom. The molecule has 0 radical (unpaired) electrons. The van der Waals surface area contributed by atoms with E-state index >= 15 is 0 Å². The van der Waals surface area contributed by atoms with Gasteiger partial charge in [0.2, 0.25) is 0 Å². The molecule has 3 aromatic carbocycles. The smallest absolute Gasteiger partial charge is 0.0747 e. The van der Waals surface area contributed by atoms with Crippen LogP contribution in [0.3, 0.4) is 0 Å². The lowest BCUT2D eigenvalue weighted by Crippen LogP contribution is -2.02. The first kappa shape index (κ1) is 16.3. The Hall–Kier alpha value is -2.93. The molecule has 27 heavy (non-hydrogen) atoms. The van der Waals surface area contributed by atoms with Crippen LogP contribution in [0.15, 0.2) is 72.8 Å². The van der Waals surface area contributed by atoms with Gasteiger partial charge in [-0.05, 0) is 66.5 Å². The van der Waals surface area contributed by atoms with E-state index < -0.39 is 0 Å². The van der Waals surface area contributed by atoms with Crippen LogP contribution in [0.25, 0.3) is 22.2 Å². The lowest BCUT2D eigenvalue weighted by molar-refractivity contribution is 0.930. The van der Waals surface area contributed by atoms with E-state index in [1.807, 2.05) is 0 Å². The molecule has 1 heterocycles. The van der Waals surface area contributed by atoms with Crippen LogP contribution in [0.1, 0.15) is 27.8 Å². The van der Waals surface area contributed by atoms with E-state index in [9.17, 15) is 0 Å². The topological polar surface area (TPSA) is 12.9 Å². The summed E-state index contributed by atoms with van der Waals surface area (Å²) in [5, 5.41) is 1.36. The van der Waals surface area contributed by atoms with Crippen LogP contribution in [-0.2, 0) is 25.7 Å². The maximum absolute atomic E-state index is 5.16. The van der Waals surface area contributed by atoms with Crippen molar-refractivity contribution in [1.82, 2.24) is 4.98 Å². The molecule has 132 valence electrons. The zero-order chi connectivity index (χ0) is 18.2. The van der Waals surface area contributed by atoms with Gasteiger partial charge in [-0.3, -0.25) is 0 Å². The van der Waals surface area contributed by atoms with Crippen LogP contribution in [0.4, 0.5) is 0 Å². The summed E-state index contributed by atoms with van der Waals surface area (Å²) in [6.45, 7) is 2.24. The molecular formula is C26H23N. The largest absolute Gasteiger partial charge is 0.247 e. The summed E-state index contributed by atoms with van der Waals surface area (Å²) in [6, 6.07) is 26.6. The van der Waals surface area contributed by atoms with E-state index in [2.05, 4.69) is 79.7 Å². The van der Waals surface area contributed by atoms with Crippen molar-refractivity contribution in [3.05, 3.63) is 101 Å². The lowest BCUT2D eigenvalue weighted by Gasteiger charge is -2.16. The molecule has 0 saturated heterocycles. The molecule has 4 aliphatic carbocycles. The third-order valence-electron chi connectivity index (χ3n) is 5.79. The maximum atomic E-state index is 5.16. The van der Waals surface area contributed by atoms with E-state index in [1.165, 1.54) is 44.3 Å². The van der Waals surface area contributed by atoms with Gasteiger partial charge < -0.3 is 0 Å². The predicted molar refractivity (Wildman–Crippen MR) is 113 cm³/mol. The third kappa shape index (κ3) is 3.04. The fraction of sp³-hybridized carbons (Fsp3) is 0.192. The van der Waals surface area contributed by atoms with Crippen LogP contribution in [0, 0.1) is 6.92 Å². The van der Waals surface area contributed by atoms with E-state index in [0.717, 1.165) is 31.4 Å².